The Balaban J connectivity index is 2.75. The van der Waals surface area contributed by atoms with Gasteiger partial charge in [0.1, 0.15) is 11.6 Å². The molecular weight excluding hydrogens is 283 g/mol. The number of carbonyl (C=O) groups is 1. The van der Waals surface area contributed by atoms with E-state index in [4.69, 9.17) is 5.73 Å². The number of sulfone groups is 1. The molecule has 0 bridgehead atoms. The fourth-order valence-electron chi connectivity index (χ4n) is 1.55. The van der Waals surface area contributed by atoms with Crippen LogP contribution < -0.4 is 11.1 Å². The number of hydrogen-bond donors (Lipinski definition) is 2. The fourth-order valence-corrected chi connectivity index (χ4v) is 3.08. The van der Waals surface area contributed by atoms with E-state index >= 15 is 0 Å². The molecule has 20 heavy (non-hydrogen) atoms. The van der Waals surface area contributed by atoms with Gasteiger partial charge in [-0.1, -0.05) is 13.8 Å². The van der Waals surface area contributed by atoms with Crippen molar-refractivity contribution in [2.75, 3.05) is 16.8 Å². The van der Waals surface area contributed by atoms with Gasteiger partial charge in [0, 0.05) is 5.69 Å². The molecule has 0 saturated heterocycles. The normalized spacial score (nSPS) is 13.2. The van der Waals surface area contributed by atoms with Crippen LogP contribution in [0.2, 0.25) is 0 Å². The van der Waals surface area contributed by atoms with Crippen molar-refractivity contribution < 1.29 is 17.6 Å². The van der Waals surface area contributed by atoms with E-state index in [1.165, 1.54) is 12.1 Å². The molecule has 0 spiro atoms. The third-order valence-corrected chi connectivity index (χ3v) is 5.46. The van der Waals surface area contributed by atoms with Crippen molar-refractivity contribution in [2.45, 2.75) is 26.0 Å². The van der Waals surface area contributed by atoms with Gasteiger partial charge in [-0.05, 0) is 31.0 Å². The first-order chi connectivity index (χ1) is 9.13. The Kier molecular flexibility index (Phi) is 5.10. The summed E-state index contributed by atoms with van der Waals surface area (Å²) in [4.78, 5) is 11.7. The van der Waals surface area contributed by atoms with Crippen LogP contribution in [0, 0.1) is 11.7 Å². The summed E-state index contributed by atoms with van der Waals surface area (Å²) in [5, 5.41) is 1.79. The van der Waals surface area contributed by atoms with E-state index in [1.54, 1.807) is 20.8 Å². The van der Waals surface area contributed by atoms with Gasteiger partial charge >= 0.3 is 0 Å². The van der Waals surface area contributed by atoms with Gasteiger partial charge in [-0.2, -0.15) is 0 Å². The van der Waals surface area contributed by atoms with Crippen molar-refractivity contribution in [2.24, 2.45) is 5.92 Å². The minimum absolute atomic E-state index is 0.0748. The second-order valence-electron chi connectivity index (χ2n) is 5.04. The van der Waals surface area contributed by atoms with Gasteiger partial charge in [0.05, 0.1) is 10.9 Å². The lowest BCUT2D eigenvalue weighted by atomic mass is 10.2. The molecule has 0 aromatic heterocycles. The van der Waals surface area contributed by atoms with Crippen LogP contribution >= 0.6 is 0 Å². The Morgan fingerprint density at radius 1 is 1.35 bits per heavy atom. The average molecular weight is 302 g/mol. The zero-order valence-electron chi connectivity index (χ0n) is 11.7. The number of nitrogens with two attached hydrogens (primary N) is 1. The van der Waals surface area contributed by atoms with Crippen LogP contribution in [0.4, 0.5) is 15.8 Å². The second kappa shape index (κ2) is 6.21. The fraction of sp³-hybridized carbons (Fsp3) is 0.462. The maximum Gasteiger partial charge on any atom is 0.239 e. The first-order valence-electron chi connectivity index (χ1n) is 6.20. The number of hydrogen-bond acceptors (Lipinski definition) is 4. The predicted molar refractivity (Wildman–Crippen MR) is 77.5 cm³/mol. The lowest BCUT2D eigenvalue weighted by molar-refractivity contribution is -0.113. The van der Waals surface area contributed by atoms with Crippen molar-refractivity contribution in [3.05, 3.63) is 24.0 Å². The number of halogens is 1. The third-order valence-electron chi connectivity index (χ3n) is 3.12. The molecule has 0 heterocycles. The molecule has 0 fully saturated rings. The molecule has 7 heteroatoms. The summed E-state index contributed by atoms with van der Waals surface area (Å²) in [6.45, 7) is 5.13. The summed E-state index contributed by atoms with van der Waals surface area (Å²) < 4.78 is 36.9. The molecule has 0 radical (unpaired) electrons. The number of nitrogen functional groups attached to an aromatic ring is 1. The Bertz CT molecular complexity index is 600. The highest BCUT2D eigenvalue weighted by molar-refractivity contribution is 7.92. The maximum atomic E-state index is 13.0. The topological polar surface area (TPSA) is 89.3 Å². The van der Waals surface area contributed by atoms with Gasteiger partial charge in [-0.25, -0.2) is 12.8 Å². The predicted octanol–water partition coefficient (Wildman–Crippen LogP) is 1.81. The highest BCUT2D eigenvalue weighted by atomic mass is 32.2. The molecule has 1 rings (SSSR count). The molecule has 3 N–H and O–H groups in total. The molecule has 1 unspecified atom stereocenters. The molecule has 1 amide bonds. The van der Waals surface area contributed by atoms with E-state index in [0.29, 0.717) is 0 Å². The standard InChI is InChI=1S/C13H19FN2O3S/c1-8(2)9(3)20(18,19)7-13(17)16-10-4-5-11(14)12(15)6-10/h4-6,8-9H,7,15H2,1-3H3,(H,16,17). The van der Waals surface area contributed by atoms with E-state index in [-0.39, 0.29) is 17.3 Å². The van der Waals surface area contributed by atoms with Crippen LogP contribution in [0.15, 0.2) is 18.2 Å². The van der Waals surface area contributed by atoms with E-state index in [9.17, 15) is 17.6 Å². The zero-order chi connectivity index (χ0) is 15.5. The molecule has 0 aliphatic carbocycles. The molecule has 0 aliphatic heterocycles. The molecule has 112 valence electrons. The average Bonchev–Trinajstić information content (AvgIpc) is 2.32. The minimum atomic E-state index is -3.51. The number of nitrogens with one attached hydrogen (secondary N) is 1. The van der Waals surface area contributed by atoms with Crippen molar-refractivity contribution in [1.82, 2.24) is 0 Å². The molecule has 0 aliphatic rings. The Labute approximate surface area is 118 Å². The largest absolute Gasteiger partial charge is 0.396 e. The van der Waals surface area contributed by atoms with Crippen LogP contribution in [0.3, 0.4) is 0 Å². The van der Waals surface area contributed by atoms with E-state index in [2.05, 4.69) is 5.32 Å². The van der Waals surface area contributed by atoms with Crippen molar-refractivity contribution in [3.8, 4) is 0 Å². The Morgan fingerprint density at radius 3 is 2.45 bits per heavy atom. The summed E-state index contributed by atoms with van der Waals surface area (Å²) in [6.07, 6.45) is 0. The molecule has 1 aromatic rings. The van der Waals surface area contributed by atoms with Gasteiger partial charge in [0.15, 0.2) is 9.84 Å². The van der Waals surface area contributed by atoms with Gasteiger partial charge in [0.25, 0.3) is 0 Å². The van der Waals surface area contributed by atoms with Crippen molar-refractivity contribution >= 4 is 27.1 Å². The third kappa shape index (κ3) is 4.19. The van der Waals surface area contributed by atoms with E-state index < -0.39 is 32.6 Å². The number of rotatable bonds is 5. The molecular formula is C13H19FN2O3S. The van der Waals surface area contributed by atoms with Crippen LogP contribution in [-0.4, -0.2) is 25.3 Å². The van der Waals surface area contributed by atoms with Crippen LogP contribution in [0.25, 0.3) is 0 Å². The minimum Gasteiger partial charge on any atom is -0.396 e. The molecule has 1 aromatic carbocycles. The summed E-state index contributed by atoms with van der Waals surface area (Å²) >= 11 is 0. The summed E-state index contributed by atoms with van der Waals surface area (Å²) in [5.41, 5.74) is 5.52. The van der Waals surface area contributed by atoms with Gasteiger partial charge in [-0.3, -0.25) is 4.79 Å². The first kappa shape index (κ1) is 16.4. The van der Waals surface area contributed by atoms with Gasteiger partial charge < -0.3 is 11.1 Å². The van der Waals surface area contributed by atoms with E-state index in [0.717, 1.165) is 6.07 Å². The highest BCUT2D eigenvalue weighted by Crippen LogP contribution is 2.17. The smallest absolute Gasteiger partial charge is 0.239 e. The van der Waals surface area contributed by atoms with E-state index in [1.807, 2.05) is 0 Å². The Hall–Kier alpha value is -1.63. The summed E-state index contributed by atoms with van der Waals surface area (Å²) in [7, 11) is -3.51. The van der Waals surface area contributed by atoms with Gasteiger partial charge in [0.2, 0.25) is 5.91 Å². The van der Waals surface area contributed by atoms with Crippen molar-refractivity contribution in [3.63, 3.8) is 0 Å². The van der Waals surface area contributed by atoms with Crippen molar-refractivity contribution in [1.29, 1.82) is 0 Å². The number of carbonyl (C=O) groups excluding carboxylic acids is 1. The second-order valence-corrected chi connectivity index (χ2v) is 7.40. The lowest BCUT2D eigenvalue weighted by Crippen LogP contribution is -2.32. The quantitative estimate of drug-likeness (QED) is 0.812. The number of anilines is 2. The number of amides is 1. The maximum absolute atomic E-state index is 13.0. The number of benzene rings is 1. The SMILES string of the molecule is CC(C)C(C)S(=O)(=O)CC(=O)Nc1ccc(F)c(N)c1. The highest BCUT2D eigenvalue weighted by Gasteiger charge is 2.26. The molecule has 5 nitrogen and oxygen atoms in total. The van der Waals surface area contributed by atoms with Crippen LogP contribution in [-0.2, 0) is 14.6 Å². The Morgan fingerprint density at radius 2 is 1.95 bits per heavy atom. The summed E-state index contributed by atoms with van der Waals surface area (Å²) in [6, 6.07) is 3.67. The van der Waals surface area contributed by atoms with Gasteiger partial charge in [-0.15, -0.1) is 0 Å². The monoisotopic (exact) mass is 302 g/mol. The molecule has 0 saturated carbocycles. The lowest BCUT2D eigenvalue weighted by Gasteiger charge is -2.16. The van der Waals surface area contributed by atoms with Crippen LogP contribution in [0.1, 0.15) is 20.8 Å². The zero-order valence-corrected chi connectivity index (χ0v) is 12.5. The van der Waals surface area contributed by atoms with Crippen LogP contribution in [0.5, 0.6) is 0 Å². The first-order valence-corrected chi connectivity index (χ1v) is 7.91. The molecule has 1 atom stereocenters. The summed E-state index contributed by atoms with van der Waals surface area (Å²) in [5.74, 6) is -1.94.